The summed E-state index contributed by atoms with van der Waals surface area (Å²) in [7, 11) is 1.67. The van der Waals surface area contributed by atoms with Gasteiger partial charge >= 0.3 is 0 Å². The summed E-state index contributed by atoms with van der Waals surface area (Å²) in [5, 5.41) is 0. The second kappa shape index (κ2) is 5.28. The number of rotatable bonds is 4. The molecule has 0 radical (unpaired) electrons. The summed E-state index contributed by atoms with van der Waals surface area (Å²) in [4.78, 5) is 0. The van der Waals surface area contributed by atoms with Gasteiger partial charge in [-0.15, -0.1) is 0 Å². The van der Waals surface area contributed by atoms with Gasteiger partial charge in [-0.05, 0) is 24.1 Å². The summed E-state index contributed by atoms with van der Waals surface area (Å²) in [6.45, 7) is 6.01. The van der Waals surface area contributed by atoms with Crippen molar-refractivity contribution in [2.75, 3.05) is 7.11 Å². The standard InChI is InChI=1S/C13H16O/c1-4-11(2)5-6-12-7-9-13(14-3)10-8-12/h5-10H,2,4H2,1,3H3/b6-5+. The van der Waals surface area contributed by atoms with Crippen LogP contribution in [0.5, 0.6) is 5.75 Å². The third-order valence-corrected chi connectivity index (χ3v) is 2.08. The van der Waals surface area contributed by atoms with Gasteiger partial charge in [0.25, 0.3) is 0 Å². The van der Waals surface area contributed by atoms with Gasteiger partial charge in [0.05, 0.1) is 7.11 Å². The Labute approximate surface area is 85.7 Å². The molecule has 0 aromatic heterocycles. The van der Waals surface area contributed by atoms with E-state index >= 15 is 0 Å². The molecule has 1 nitrogen and oxygen atoms in total. The number of benzene rings is 1. The van der Waals surface area contributed by atoms with Crippen LogP contribution in [-0.4, -0.2) is 7.11 Å². The minimum absolute atomic E-state index is 0.886. The third-order valence-electron chi connectivity index (χ3n) is 2.08. The van der Waals surface area contributed by atoms with Gasteiger partial charge in [-0.3, -0.25) is 0 Å². The summed E-state index contributed by atoms with van der Waals surface area (Å²) < 4.78 is 5.07. The van der Waals surface area contributed by atoms with Crippen LogP contribution in [-0.2, 0) is 0 Å². The normalized spacial score (nSPS) is 10.4. The minimum atomic E-state index is 0.886. The maximum absolute atomic E-state index is 5.07. The van der Waals surface area contributed by atoms with Crippen LogP contribution in [0.25, 0.3) is 6.08 Å². The molecule has 0 unspecified atom stereocenters. The molecule has 0 N–H and O–H groups in total. The Morgan fingerprint density at radius 2 is 2.00 bits per heavy atom. The monoisotopic (exact) mass is 188 g/mol. The first-order valence-corrected chi connectivity index (χ1v) is 4.76. The van der Waals surface area contributed by atoms with E-state index in [0.717, 1.165) is 17.7 Å². The van der Waals surface area contributed by atoms with Crippen LogP contribution in [0.15, 0.2) is 42.5 Å². The molecule has 0 heterocycles. The van der Waals surface area contributed by atoms with Crippen LogP contribution < -0.4 is 4.74 Å². The molecule has 0 bridgehead atoms. The summed E-state index contributed by atoms with van der Waals surface area (Å²) in [5.74, 6) is 0.886. The molecule has 0 spiro atoms. The molecule has 0 aliphatic rings. The van der Waals surface area contributed by atoms with Crippen LogP contribution in [0.4, 0.5) is 0 Å². The van der Waals surface area contributed by atoms with Crippen LogP contribution in [0.3, 0.4) is 0 Å². The Kier molecular flexibility index (Phi) is 3.99. The molecule has 1 rings (SSSR count). The van der Waals surface area contributed by atoms with Gasteiger partial charge < -0.3 is 4.74 Å². The van der Waals surface area contributed by atoms with Crippen molar-refractivity contribution in [3.05, 3.63) is 48.1 Å². The highest BCUT2D eigenvalue weighted by Gasteiger charge is 1.89. The Morgan fingerprint density at radius 1 is 1.36 bits per heavy atom. The molecule has 0 fully saturated rings. The van der Waals surface area contributed by atoms with Gasteiger partial charge in [0, 0.05) is 0 Å². The summed E-state index contributed by atoms with van der Waals surface area (Å²) in [6.07, 6.45) is 5.10. The van der Waals surface area contributed by atoms with E-state index in [1.54, 1.807) is 7.11 Å². The molecule has 0 aliphatic heterocycles. The SMILES string of the molecule is C=C(/C=C/c1ccc(OC)cc1)CC. The molecule has 1 aromatic carbocycles. The first kappa shape index (κ1) is 10.6. The van der Waals surface area contributed by atoms with E-state index < -0.39 is 0 Å². The molecule has 14 heavy (non-hydrogen) atoms. The average molecular weight is 188 g/mol. The number of ether oxygens (including phenoxy) is 1. The fraction of sp³-hybridized carbons (Fsp3) is 0.231. The fourth-order valence-electron chi connectivity index (χ4n) is 1.05. The minimum Gasteiger partial charge on any atom is -0.497 e. The van der Waals surface area contributed by atoms with E-state index in [1.807, 2.05) is 30.3 Å². The van der Waals surface area contributed by atoms with Crippen LogP contribution in [0.2, 0.25) is 0 Å². The maximum atomic E-state index is 5.07. The van der Waals surface area contributed by atoms with E-state index in [4.69, 9.17) is 4.74 Å². The number of hydrogen-bond acceptors (Lipinski definition) is 1. The third kappa shape index (κ3) is 3.09. The zero-order chi connectivity index (χ0) is 10.4. The van der Waals surface area contributed by atoms with Crippen molar-refractivity contribution in [1.29, 1.82) is 0 Å². The highest BCUT2D eigenvalue weighted by molar-refractivity contribution is 5.53. The van der Waals surface area contributed by atoms with Crippen molar-refractivity contribution in [1.82, 2.24) is 0 Å². The Morgan fingerprint density at radius 3 is 2.50 bits per heavy atom. The van der Waals surface area contributed by atoms with Crippen molar-refractivity contribution >= 4 is 6.08 Å². The predicted octanol–water partition coefficient (Wildman–Crippen LogP) is 3.67. The lowest BCUT2D eigenvalue weighted by Gasteiger charge is -1.99. The lowest BCUT2D eigenvalue weighted by atomic mass is 10.1. The molecule has 0 saturated carbocycles. The number of allylic oxidation sites excluding steroid dienone is 2. The Balaban J connectivity index is 2.68. The second-order valence-electron chi connectivity index (χ2n) is 3.12. The van der Waals surface area contributed by atoms with Gasteiger partial charge in [0.2, 0.25) is 0 Å². The molecular formula is C13H16O. The topological polar surface area (TPSA) is 9.23 Å². The van der Waals surface area contributed by atoms with E-state index in [9.17, 15) is 0 Å². The van der Waals surface area contributed by atoms with Gasteiger partial charge in [0.1, 0.15) is 5.75 Å². The fourth-order valence-corrected chi connectivity index (χ4v) is 1.05. The van der Waals surface area contributed by atoms with Gasteiger partial charge in [-0.1, -0.05) is 43.4 Å². The second-order valence-corrected chi connectivity index (χ2v) is 3.12. The summed E-state index contributed by atoms with van der Waals surface area (Å²) in [5.41, 5.74) is 2.31. The van der Waals surface area contributed by atoms with Crippen LogP contribution in [0.1, 0.15) is 18.9 Å². The van der Waals surface area contributed by atoms with Gasteiger partial charge in [-0.25, -0.2) is 0 Å². The smallest absolute Gasteiger partial charge is 0.118 e. The molecule has 0 atom stereocenters. The predicted molar refractivity (Wildman–Crippen MR) is 61.5 cm³/mol. The largest absolute Gasteiger partial charge is 0.497 e. The van der Waals surface area contributed by atoms with Crippen molar-refractivity contribution < 1.29 is 4.74 Å². The van der Waals surface area contributed by atoms with E-state index in [0.29, 0.717) is 0 Å². The number of hydrogen-bond donors (Lipinski definition) is 0. The van der Waals surface area contributed by atoms with E-state index in [-0.39, 0.29) is 0 Å². The Bertz CT molecular complexity index is 320. The summed E-state index contributed by atoms with van der Waals surface area (Å²) >= 11 is 0. The molecule has 0 saturated heterocycles. The lowest BCUT2D eigenvalue weighted by molar-refractivity contribution is 0.415. The first-order valence-electron chi connectivity index (χ1n) is 4.76. The van der Waals surface area contributed by atoms with E-state index in [1.165, 1.54) is 5.56 Å². The molecule has 74 valence electrons. The molecule has 1 aromatic rings. The molecule has 0 amide bonds. The van der Waals surface area contributed by atoms with E-state index in [2.05, 4.69) is 19.6 Å². The Hall–Kier alpha value is -1.50. The molecular weight excluding hydrogens is 172 g/mol. The zero-order valence-electron chi connectivity index (χ0n) is 8.79. The average Bonchev–Trinajstić information content (AvgIpc) is 2.26. The highest BCUT2D eigenvalue weighted by atomic mass is 16.5. The quantitative estimate of drug-likeness (QED) is 0.655. The van der Waals surface area contributed by atoms with Gasteiger partial charge in [0.15, 0.2) is 0 Å². The number of methoxy groups -OCH3 is 1. The molecule has 1 heteroatoms. The van der Waals surface area contributed by atoms with Crippen molar-refractivity contribution in [3.63, 3.8) is 0 Å². The lowest BCUT2D eigenvalue weighted by Crippen LogP contribution is -1.81. The van der Waals surface area contributed by atoms with Gasteiger partial charge in [-0.2, -0.15) is 0 Å². The van der Waals surface area contributed by atoms with Crippen LogP contribution in [0, 0.1) is 0 Å². The van der Waals surface area contributed by atoms with Crippen molar-refractivity contribution in [3.8, 4) is 5.75 Å². The maximum Gasteiger partial charge on any atom is 0.118 e. The highest BCUT2D eigenvalue weighted by Crippen LogP contribution is 2.13. The summed E-state index contributed by atoms with van der Waals surface area (Å²) in [6, 6.07) is 7.96. The molecule has 0 aliphatic carbocycles. The van der Waals surface area contributed by atoms with Crippen molar-refractivity contribution in [2.24, 2.45) is 0 Å². The first-order chi connectivity index (χ1) is 6.76. The zero-order valence-corrected chi connectivity index (χ0v) is 8.79. The van der Waals surface area contributed by atoms with Crippen molar-refractivity contribution in [2.45, 2.75) is 13.3 Å². The van der Waals surface area contributed by atoms with Crippen LogP contribution >= 0.6 is 0 Å².